The van der Waals surface area contributed by atoms with Crippen LogP contribution in [-0.4, -0.2) is 36.5 Å². The molecule has 0 fully saturated rings. The van der Waals surface area contributed by atoms with Gasteiger partial charge in [0.15, 0.2) is 16.6 Å². The lowest BCUT2D eigenvalue weighted by molar-refractivity contribution is -0.113. The quantitative estimate of drug-likeness (QED) is 0.413. The smallest absolute Gasteiger partial charge is 0.236 e. The van der Waals surface area contributed by atoms with Crippen molar-refractivity contribution < 1.29 is 4.79 Å². The zero-order valence-electron chi connectivity index (χ0n) is 15.9. The number of hydrogen-bond acceptors (Lipinski definition) is 7. The first-order chi connectivity index (χ1) is 14.7. The molecule has 2 aromatic carbocycles. The van der Waals surface area contributed by atoms with E-state index < -0.39 is 0 Å². The molecular weight excluding hydrogens is 416 g/mol. The summed E-state index contributed by atoms with van der Waals surface area (Å²) in [7, 11) is 0. The fraction of sp³-hybridized carbons (Fsp3) is 0.0952. The number of amides is 1. The van der Waals surface area contributed by atoms with Gasteiger partial charge in [-0.2, -0.15) is 9.61 Å². The Labute approximate surface area is 180 Å². The van der Waals surface area contributed by atoms with Crippen LogP contribution in [0.1, 0.15) is 5.56 Å². The summed E-state index contributed by atoms with van der Waals surface area (Å²) in [6.07, 6.45) is 0. The van der Waals surface area contributed by atoms with Gasteiger partial charge < -0.3 is 5.32 Å². The number of aryl methyl sites for hydroxylation is 1. The number of nitrogens with zero attached hydrogens (tertiary/aromatic N) is 5. The van der Waals surface area contributed by atoms with E-state index in [-0.39, 0.29) is 11.7 Å². The van der Waals surface area contributed by atoms with Gasteiger partial charge >= 0.3 is 0 Å². The molecule has 9 heteroatoms. The van der Waals surface area contributed by atoms with Crippen molar-refractivity contribution in [1.29, 1.82) is 0 Å². The Bertz CT molecular complexity index is 1330. The molecule has 1 N–H and O–H groups in total. The van der Waals surface area contributed by atoms with Gasteiger partial charge in [-0.15, -0.1) is 10.2 Å². The van der Waals surface area contributed by atoms with Crippen molar-refractivity contribution in [2.45, 2.75) is 11.9 Å². The maximum atomic E-state index is 12.4. The van der Waals surface area contributed by atoms with Crippen molar-refractivity contribution in [2.24, 2.45) is 0 Å². The highest BCUT2D eigenvalue weighted by Crippen LogP contribution is 2.26. The van der Waals surface area contributed by atoms with Crippen molar-refractivity contribution >= 4 is 50.0 Å². The molecule has 0 unspecified atom stereocenters. The number of para-hydroxylation sites is 1. The lowest BCUT2D eigenvalue weighted by Gasteiger charge is -2.04. The molecule has 7 nitrogen and oxygen atoms in total. The van der Waals surface area contributed by atoms with E-state index in [0.29, 0.717) is 16.6 Å². The van der Waals surface area contributed by atoms with E-state index >= 15 is 0 Å². The van der Waals surface area contributed by atoms with E-state index in [4.69, 9.17) is 0 Å². The van der Waals surface area contributed by atoms with Crippen LogP contribution in [0.2, 0.25) is 0 Å². The maximum Gasteiger partial charge on any atom is 0.236 e. The molecule has 3 heterocycles. The minimum atomic E-state index is -0.122. The average molecular weight is 433 g/mol. The lowest BCUT2D eigenvalue weighted by atomic mass is 10.1. The molecule has 0 aliphatic carbocycles. The summed E-state index contributed by atoms with van der Waals surface area (Å²) in [6.45, 7) is 2.04. The van der Waals surface area contributed by atoms with Crippen molar-refractivity contribution in [3.8, 4) is 11.4 Å². The van der Waals surface area contributed by atoms with Gasteiger partial charge in [0.05, 0.1) is 16.0 Å². The number of hydrogen-bond donors (Lipinski definition) is 1. The molecule has 0 saturated carbocycles. The number of aromatic nitrogens is 5. The first-order valence-corrected chi connectivity index (χ1v) is 11.0. The maximum absolute atomic E-state index is 12.4. The van der Waals surface area contributed by atoms with Crippen LogP contribution in [0.25, 0.3) is 27.3 Å². The van der Waals surface area contributed by atoms with Crippen molar-refractivity contribution in [1.82, 2.24) is 24.8 Å². The predicted molar refractivity (Wildman–Crippen MR) is 120 cm³/mol. The Morgan fingerprint density at radius 2 is 1.90 bits per heavy atom. The molecular formula is C21H16N6OS2. The van der Waals surface area contributed by atoms with E-state index in [1.54, 1.807) is 4.52 Å². The van der Waals surface area contributed by atoms with Gasteiger partial charge in [-0.25, -0.2) is 4.98 Å². The minimum absolute atomic E-state index is 0.122. The van der Waals surface area contributed by atoms with Gasteiger partial charge in [0, 0.05) is 5.56 Å². The van der Waals surface area contributed by atoms with Crippen LogP contribution in [-0.2, 0) is 4.79 Å². The van der Waals surface area contributed by atoms with Gasteiger partial charge in [-0.3, -0.25) is 4.79 Å². The molecule has 30 heavy (non-hydrogen) atoms. The van der Waals surface area contributed by atoms with Gasteiger partial charge in [0.25, 0.3) is 0 Å². The summed E-state index contributed by atoms with van der Waals surface area (Å²) in [5.74, 6) is 0.783. The number of anilines is 1. The fourth-order valence-electron chi connectivity index (χ4n) is 2.95. The second kappa shape index (κ2) is 7.85. The Kier molecular flexibility index (Phi) is 4.89. The molecule has 1 amide bonds. The molecule has 0 spiro atoms. The summed E-state index contributed by atoms with van der Waals surface area (Å²) >= 11 is 2.82. The second-order valence-corrected chi connectivity index (χ2v) is 8.68. The third kappa shape index (κ3) is 3.77. The molecule has 0 saturated heterocycles. The largest absolute Gasteiger partial charge is 0.301 e. The molecule has 0 radical (unpaired) electrons. The van der Waals surface area contributed by atoms with Gasteiger partial charge in [0.1, 0.15) is 5.03 Å². The second-order valence-electron chi connectivity index (χ2n) is 6.65. The molecule has 0 bridgehead atoms. The SMILES string of the molecule is Cc1ccc(-c2nnc3ccc(SCC(=O)Nc4nc5ccccc5s4)nn23)cc1. The zero-order chi connectivity index (χ0) is 20.5. The monoisotopic (exact) mass is 432 g/mol. The predicted octanol–water partition coefficient (Wildman–Crippen LogP) is 4.44. The summed E-state index contributed by atoms with van der Waals surface area (Å²) in [5, 5.41) is 17.2. The number of thioether (sulfide) groups is 1. The summed E-state index contributed by atoms with van der Waals surface area (Å²) < 4.78 is 2.75. The minimum Gasteiger partial charge on any atom is -0.301 e. The van der Waals surface area contributed by atoms with Gasteiger partial charge in [-0.05, 0) is 31.2 Å². The number of thiazole rings is 1. The fourth-order valence-corrected chi connectivity index (χ4v) is 4.49. The summed E-state index contributed by atoms with van der Waals surface area (Å²) in [6, 6.07) is 19.6. The summed E-state index contributed by atoms with van der Waals surface area (Å²) in [4.78, 5) is 16.8. The Hall–Kier alpha value is -3.30. The normalized spacial score (nSPS) is 11.2. The van der Waals surface area contributed by atoms with E-state index in [1.807, 2.05) is 67.6 Å². The van der Waals surface area contributed by atoms with E-state index in [1.165, 1.54) is 28.7 Å². The lowest BCUT2D eigenvalue weighted by Crippen LogP contribution is -2.14. The molecule has 5 rings (SSSR count). The molecule has 0 atom stereocenters. The van der Waals surface area contributed by atoms with Crippen LogP contribution in [0.3, 0.4) is 0 Å². The Morgan fingerprint density at radius 1 is 1.07 bits per heavy atom. The van der Waals surface area contributed by atoms with Gasteiger partial charge in [-0.1, -0.05) is 65.1 Å². The number of benzene rings is 2. The third-order valence-electron chi connectivity index (χ3n) is 4.44. The number of fused-ring (bicyclic) bond motifs is 2. The molecule has 148 valence electrons. The van der Waals surface area contributed by atoms with Crippen LogP contribution >= 0.6 is 23.1 Å². The van der Waals surface area contributed by atoms with Crippen molar-refractivity contribution in [3.63, 3.8) is 0 Å². The Balaban J connectivity index is 1.30. The van der Waals surface area contributed by atoms with Crippen LogP contribution in [0.5, 0.6) is 0 Å². The number of carbonyl (C=O) groups excluding carboxylic acids is 1. The molecule has 3 aromatic heterocycles. The van der Waals surface area contributed by atoms with Crippen molar-refractivity contribution in [3.05, 3.63) is 66.2 Å². The van der Waals surface area contributed by atoms with Crippen LogP contribution in [0, 0.1) is 6.92 Å². The standard InChI is InChI=1S/C21H16N6OS2/c1-13-6-8-14(9-7-13)20-25-24-17-10-11-19(26-27(17)20)29-12-18(28)23-21-22-15-4-2-3-5-16(15)30-21/h2-11H,12H2,1H3,(H,22,23,28). The highest BCUT2D eigenvalue weighted by Gasteiger charge is 2.12. The van der Waals surface area contributed by atoms with E-state index in [0.717, 1.165) is 20.8 Å². The Morgan fingerprint density at radius 3 is 2.73 bits per heavy atom. The number of carbonyl (C=O) groups is 1. The summed E-state index contributed by atoms with van der Waals surface area (Å²) in [5.41, 5.74) is 3.66. The molecule has 5 aromatic rings. The molecule has 0 aliphatic heterocycles. The average Bonchev–Trinajstić information content (AvgIpc) is 3.36. The van der Waals surface area contributed by atoms with Crippen LogP contribution < -0.4 is 5.32 Å². The van der Waals surface area contributed by atoms with Crippen LogP contribution in [0.15, 0.2) is 65.7 Å². The zero-order valence-corrected chi connectivity index (χ0v) is 17.6. The third-order valence-corrected chi connectivity index (χ3v) is 6.31. The van der Waals surface area contributed by atoms with E-state index in [2.05, 4.69) is 25.6 Å². The number of nitrogens with one attached hydrogen (secondary N) is 1. The first-order valence-electron chi connectivity index (χ1n) is 9.23. The molecule has 0 aliphatic rings. The van der Waals surface area contributed by atoms with Crippen molar-refractivity contribution in [2.75, 3.05) is 11.1 Å². The number of rotatable bonds is 5. The van der Waals surface area contributed by atoms with E-state index in [9.17, 15) is 4.79 Å². The van der Waals surface area contributed by atoms with Gasteiger partial charge in [0.2, 0.25) is 5.91 Å². The topological polar surface area (TPSA) is 85.1 Å². The highest BCUT2D eigenvalue weighted by atomic mass is 32.2. The highest BCUT2D eigenvalue weighted by molar-refractivity contribution is 7.99. The van der Waals surface area contributed by atoms with Crippen LogP contribution in [0.4, 0.5) is 5.13 Å². The first kappa shape index (κ1) is 18.7.